The fraction of sp³-hybridized carbons (Fsp3) is 0.385. The summed E-state index contributed by atoms with van der Waals surface area (Å²) in [6, 6.07) is 5.96. The van der Waals surface area contributed by atoms with Crippen molar-refractivity contribution in [3.05, 3.63) is 30.1 Å². The van der Waals surface area contributed by atoms with E-state index in [1.54, 1.807) is 19.1 Å². The van der Waals surface area contributed by atoms with Crippen LogP contribution in [0.5, 0.6) is 0 Å². The van der Waals surface area contributed by atoms with Gasteiger partial charge in [-0.15, -0.1) is 0 Å². The van der Waals surface area contributed by atoms with Gasteiger partial charge in [-0.2, -0.15) is 11.8 Å². The molecule has 1 rings (SSSR count). The zero-order chi connectivity index (χ0) is 14.3. The first-order chi connectivity index (χ1) is 9.00. The van der Waals surface area contributed by atoms with Gasteiger partial charge in [-0.1, -0.05) is 19.1 Å². The smallest absolute Gasteiger partial charge is 0.307 e. The van der Waals surface area contributed by atoms with Gasteiger partial charge in [0.05, 0.1) is 11.6 Å². The Balaban J connectivity index is 2.26. The van der Waals surface area contributed by atoms with Gasteiger partial charge in [0.1, 0.15) is 5.82 Å². The minimum Gasteiger partial charge on any atom is -0.481 e. The first-order valence-electron chi connectivity index (χ1n) is 5.85. The lowest BCUT2D eigenvalue weighted by Crippen LogP contribution is -2.15. The van der Waals surface area contributed by atoms with E-state index in [9.17, 15) is 14.0 Å². The van der Waals surface area contributed by atoms with Crippen molar-refractivity contribution in [3.8, 4) is 0 Å². The van der Waals surface area contributed by atoms with E-state index in [0.717, 1.165) is 0 Å². The van der Waals surface area contributed by atoms with Crippen LogP contribution in [0.3, 0.4) is 0 Å². The molecule has 19 heavy (non-hydrogen) atoms. The van der Waals surface area contributed by atoms with Crippen molar-refractivity contribution in [2.75, 3.05) is 16.8 Å². The number of halogens is 1. The summed E-state index contributed by atoms with van der Waals surface area (Å²) in [4.78, 5) is 22.1. The molecule has 0 radical (unpaired) electrons. The fourth-order valence-corrected chi connectivity index (χ4v) is 2.26. The van der Waals surface area contributed by atoms with Crippen molar-refractivity contribution in [1.82, 2.24) is 0 Å². The van der Waals surface area contributed by atoms with Gasteiger partial charge in [-0.25, -0.2) is 4.39 Å². The molecule has 0 aromatic heterocycles. The highest BCUT2D eigenvalue weighted by atomic mass is 32.2. The molecule has 0 aliphatic heterocycles. The van der Waals surface area contributed by atoms with E-state index in [1.165, 1.54) is 23.9 Å². The van der Waals surface area contributed by atoms with Crippen molar-refractivity contribution in [3.63, 3.8) is 0 Å². The van der Waals surface area contributed by atoms with Gasteiger partial charge < -0.3 is 10.4 Å². The zero-order valence-electron chi connectivity index (χ0n) is 10.6. The second-order valence-electron chi connectivity index (χ2n) is 4.09. The van der Waals surface area contributed by atoms with E-state index in [0.29, 0.717) is 11.5 Å². The highest BCUT2D eigenvalue weighted by Crippen LogP contribution is 2.14. The van der Waals surface area contributed by atoms with Crippen LogP contribution in [0.2, 0.25) is 0 Å². The molecule has 1 aromatic rings. The summed E-state index contributed by atoms with van der Waals surface area (Å²) < 4.78 is 13.2. The maximum absolute atomic E-state index is 13.2. The molecule has 1 amide bonds. The Labute approximate surface area is 115 Å². The number of rotatable bonds is 7. The van der Waals surface area contributed by atoms with Crippen LogP contribution in [0.25, 0.3) is 0 Å². The van der Waals surface area contributed by atoms with Gasteiger partial charge in [0.15, 0.2) is 0 Å². The van der Waals surface area contributed by atoms with Crippen LogP contribution in [0.1, 0.15) is 13.3 Å². The van der Waals surface area contributed by atoms with Gasteiger partial charge >= 0.3 is 5.97 Å². The summed E-state index contributed by atoms with van der Waals surface area (Å²) in [5.74, 6) is -1.05. The van der Waals surface area contributed by atoms with Crippen molar-refractivity contribution in [2.24, 2.45) is 5.92 Å². The second kappa shape index (κ2) is 7.78. The van der Waals surface area contributed by atoms with E-state index in [-0.39, 0.29) is 18.0 Å². The number of carboxylic acids is 1. The maximum Gasteiger partial charge on any atom is 0.307 e. The lowest BCUT2D eigenvalue weighted by molar-refractivity contribution is -0.140. The number of hydrogen-bond donors (Lipinski definition) is 2. The van der Waals surface area contributed by atoms with Crippen LogP contribution in [-0.2, 0) is 9.59 Å². The Bertz CT molecular complexity index is 453. The molecule has 0 aliphatic rings. The third kappa shape index (κ3) is 5.74. The summed E-state index contributed by atoms with van der Waals surface area (Å²) >= 11 is 1.40. The van der Waals surface area contributed by atoms with E-state index in [2.05, 4.69) is 5.32 Å². The van der Waals surface area contributed by atoms with Crippen molar-refractivity contribution >= 4 is 29.3 Å². The normalized spacial score (nSPS) is 11.9. The predicted molar refractivity (Wildman–Crippen MR) is 73.8 cm³/mol. The molecular formula is C13H16FNO3S. The average Bonchev–Trinajstić information content (AvgIpc) is 2.37. The van der Waals surface area contributed by atoms with Crippen LogP contribution in [0.15, 0.2) is 24.3 Å². The number of carboxylic acid groups (broad SMARTS) is 1. The van der Waals surface area contributed by atoms with E-state index >= 15 is 0 Å². The number of carbonyl (C=O) groups is 2. The number of anilines is 1. The molecule has 0 heterocycles. The van der Waals surface area contributed by atoms with Crippen LogP contribution >= 0.6 is 11.8 Å². The van der Waals surface area contributed by atoms with E-state index in [1.807, 2.05) is 0 Å². The second-order valence-corrected chi connectivity index (χ2v) is 5.24. The quantitative estimate of drug-likeness (QED) is 0.756. The van der Waals surface area contributed by atoms with Crippen molar-refractivity contribution in [1.29, 1.82) is 0 Å². The molecule has 0 saturated heterocycles. The molecule has 1 atom stereocenters. The number of hydrogen-bond acceptors (Lipinski definition) is 3. The molecule has 0 saturated carbocycles. The molecule has 0 aliphatic carbocycles. The van der Waals surface area contributed by atoms with Crippen molar-refractivity contribution < 1.29 is 19.1 Å². The lowest BCUT2D eigenvalue weighted by atomic mass is 10.2. The van der Waals surface area contributed by atoms with Gasteiger partial charge in [0.2, 0.25) is 5.91 Å². The molecule has 6 heteroatoms. The molecule has 2 N–H and O–H groups in total. The summed E-state index contributed by atoms with van der Waals surface area (Å²) in [6.45, 7) is 1.62. The van der Waals surface area contributed by atoms with Crippen LogP contribution in [0.4, 0.5) is 10.1 Å². The van der Waals surface area contributed by atoms with Gasteiger partial charge in [0, 0.05) is 17.9 Å². The van der Waals surface area contributed by atoms with Crippen molar-refractivity contribution in [2.45, 2.75) is 13.3 Å². The number of nitrogens with one attached hydrogen (secondary N) is 1. The zero-order valence-corrected chi connectivity index (χ0v) is 11.4. The first kappa shape index (κ1) is 15.5. The van der Waals surface area contributed by atoms with E-state index in [4.69, 9.17) is 5.11 Å². The Morgan fingerprint density at radius 3 is 2.74 bits per heavy atom. The van der Waals surface area contributed by atoms with Gasteiger partial charge in [-0.3, -0.25) is 9.59 Å². The Morgan fingerprint density at radius 1 is 1.42 bits per heavy atom. The first-order valence-corrected chi connectivity index (χ1v) is 7.01. The summed E-state index contributed by atoms with van der Waals surface area (Å²) in [5, 5.41) is 11.2. The third-order valence-electron chi connectivity index (χ3n) is 2.41. The Hall–Kier alpha value is -1.56. The summed E-state index contributed by atoms with van der Waals surface area (Å²) in [5.41, 5.74) is 0.163. The minimum absolute atomic E-state index is 0.163. The topological polar surface area (TPSA) is 66.4 Å². The number of thioether (sulfide) groups is 1. The Morgan fingerprint density at radius 2 is 2.11 bits per heavy atom. The lowest BCUT2D eigenvalue weighted by Gasteiger charge is -2.07. The maximum atomic E-state index is 13.2. The fourth-order valence-electron chi connectivity index (χ4n) is 1.27. The molecule has 4 nitrogen and oxygen atoms in total. The molecule has 0 fully saturated rings. The number of carbonyl (C=O) groups excluding carboxylic acids is 1. The monoisotopic (exact) mass is 285 g/mol. The molecular weight excluding hydrogens is 269 g/mol. The molecule has 0 bridgehead atoms. The van der Waals surface area contributed by atoms with Crippen LogP contribution in [0, 0.1) is 11.7 Å². The van der Waals surface area contributed by atoms with Gasteiger partial charge in [0.25, 0.3) is 0 Å². The largest absolute Gasteiger partial charge is 0.481 e. The SMILES string of the molecule is CC(CSCCC(=O)Nc1ccccc1F)C(=O)O. The summed E-state index contributed by atoms with van der Waals surface area (Å²) in [7, 11) is 0. The molecule has 104 valence electrons. The van der Waals surface area contributed by atoms with Crippen LogP contribution < -0.4 is 5.32 Å². The Kier molecular flexibility index (Phi) is 6.35. The number of amides is 1. The summed E-state index contributed by atoms with van der Waals surface area (Å²) in [6.07, 6.45) is 0.228. The number of benzene rings is 1. The number of para-hydroxylation sites is 1. The standard InChI is InChI=1S/C13H16FNO3S/c1-9(13(17)18)8-19-7-6-12(16)15-11-5-3-2-4-10(11)14/h2-5,9H,6-8H2,1H3,(H,15,16)(H,17,18). The number of aliphatic carboxylic acids is 1. The molecule has 1 unspecified atom stereocenters. The average molecular weight is 285 g/mol. The predicted octanol–water partition coefficient (Wildman–Crippen LogP) is 2.61. The highest BCUT2D eigenvalue weighted by Gasteiger charge is 2.11. The van der Waals surface area contributed by atoms with Crippen LogP contribution in [-0.4, -0.2) is 28.5 Å². The highest BCUT2D eigenvalue weighted by molar-refractivity contribution is 7.99. The third-order valence-corrected chi connectivity index (χ3v) is 3.64. The molecule has 0 spiro atoms. The molecule has 1 aromatic carbocycles. The van der Waals surface area contributed by atoms with E-state index < -0.39 is 17.7 Å². The minimum atomic E-state index is -0.844. The van der Waals surface area contributed by atoms with Gasteiger partial charge in [-0.05, 0) is 12.1 Å².